The van der Waals surface area contributed by atoms with Gasteiger partial charge in [-0.15, -0.1) is 16.9 Å². The van der Waals surface area contributed by atoms with Crippen LogP contribution in [0.4, 0.5) is 0 Å². The highest BCUT2D eigenvalue weighted by Gasteiger charge is 2.35. The van der Waals surface area contributed by atoms with Crippen molar-refractivity contribution < 1.29 is 9.59 Å². The molecule has 0 atom stereocenters. The first-order valence-electron chi connectivity index (χ1n) is 7.93. The van der Waals surface area contributed by atoms with Crippen molar-refractivity contribution in [2.75, 3.05) is 0 Å². The number of hydrazine groups is 1. The largest absolute Gasteiger partial charge is 0.294 e. The fraction of sp³-hybridized carbons (Fsp3) is 0.263. The molecule has 0 saturated carbocycles. The van der Waals surface area contributed by atoms with Crippen LogP contribution in [0.25, 0.3) is 0 Å². The molecule has 146 valence electrons. The normalized spacial score (nSPS) is 11.1. The summed E-state index contributed by atoms with van der Waals surface area (Å²) in [5, 5.41) is 0.551. The maximum absolute atomic E-state index is 12.5. The topological polar surface area (TPSA) is 40.6 Å². The highest BCUT2D eigenvalue weighted by Crippen LogP contribution is 2.28. The van der Waals surface area contributed by atoms with E-state index in [2.05, 4.69) is 0 Å². The number of benzene rings is 2. The van der Waals surface area contributed by atoms with Gasteiger partial charge in [0.05, 0.1) is 5.54 Å². The predicted octanol–water partition coefficient (Wildman–Crippen LogP) is 6.09. The summed E-state index contributed by atoms with van der Waals surface area (Å²) in [4.78, 5) is 25.1. The fourth-order valence-corrected chi connectivity index (χ4v) is 2.95. The lowest BCUT2D eigenvalue weighted by Crippen LogP contribution is -2.48. The Bertz CT molecular complexity index is 810. The van der Waals surface area contributed by atoms with Crippen LogP contribution in [0.1, 0.15) is 46.5 Å². The molecule has 0 spiro atoms. The van der Waals surface area contributed by atoms with E-state index in [1.165, 1.54) is 0 Å². The second kappa shape index (κ2) is 9.76. The second-order valence-electron chi connectivity index (χ2n) is 6.61. The maximum Gasteiger partial charge on any atom is 0.284 e. The van der Waals surface area contributed by atoms with E-state index >= 15 is 0 Å². The van der Waals surface area contributed by atoms with Gasteiger partial charge < -0.3 is 0 Å². The number of Topliss-reactive ketones (excluding diaryl/α,β-unsaturated/α-hetero) is 1. The molecular formula is C19H20Cl4N2O2. The van der Waals surface area contributed by atoms with Gasteiger partial charge in [0.25, 0.3) is 5.91 Å². The molecule has 0 N–H and O–H groups in total. The van der Waals surface area contributed by atoms with Gasteiger partial charge in [0.2, 0.25) is 0 Å². The highest BCUT2D eigenvalue weighted by atomic mass is 35.5. The summed E-state index contributed by atoms with van der Waals surface area (Å²) in [7, 11) is 0. The molecule has 0 saturated heterocycles. The lowest BCUT2D eigenvalue weighted by molar-refractivity contribution is 0.0374. The van der Waals surface area contributed by atoms with Gasteiger partial charge in [0.1, 0.15) is 0 Å². The first kappa shape index (κ1) is 23.7. The monoisotopic (exact) mass is 448 g/mol. The van der Waals surface area contributed by atoms with E-state index in [9.17, 15) is 9.59 Å². The van der Waals surface area contributed by atoms with E-state index < -0.39 is 11.4 Å². The highest BCUT2D eigenvalue weighted by molar-refractivity contribution is 6.30. The molecule has 2 rings (SSSR count). The van der Waals surface area contributed by atoms with Crippen LogP contribution in [0.15, 0.2) is 48.5 Å². The minimum atomic E-state index is -0.903. The van der Waals surface area contributed by atoms with E-state index in [-0.39, 0.29) is 24.6 Å². The van der Waals surface area contributed by atoms with Crippen LogP contribution in [0.2, 0.25) is 5.02 Å². The Balaban J connectivity index is 0.00000364. The van der Waals surface area contributed by atoms with Gasteiger partial charge in [-0.1, -0.05) is 29.3 Å². The van der Waals surface area contributed by atoms with E-state index in [0.717, 1.165) is 14.6 Å². The van der Waals surface area contributed by atoms with Gasteiger partial charge in [-0.2, -0.15) is 4.53 Å². The average Bonchev–Trinajstić information content (AvgIpc) is 2.60. The zero-order valence-electron chi connectivity index (χ0n) is 15.1. The number of ketones is 1. The molecule has 0 aliphatic heterocycles. The van der Waals surface area contributed by atoms with Crippen molar-refractivity contribution in [2.45, 2.75) is 32.7 Å². The molecule has 2 aromatic carbocycles. The van der Waals surface area contributed by atoms with E-state index in [4.69, 9.17) is 35.2 Å². The van der Waals surface area contributed by atoms with Gasteiger partial charge in [0, 0.05) is 46.1 Å². The number of hydrogen-bond donors (Lipinski definition) is 0. The number of nitrogens with zero attached hydrogens (tertiary/aromatic N) is 2. The lowest BCUT2D eigenvalue weighted by Gasteiger charge is -2.35. The van der Waals surface area contributed by atoms with Crippen molar-refractivity contribution in [2.24, 2.45) is 0 Å². The maximum atomic E-state index is 12.5. The standard InChI is InChI=1S/C19H19Cl3N2O2.ClH/c1-13-5-4-6-15(11-13)18(26)23(21)24(22)19(2,3)12-17(25)14-7-9-16(20)10-8-14;/h4-11H,12H2,1-3H3;1H. The third kappa shape index (κ3) is 6.09. The summed E-state index contributed by atoms with van der Waals surface area (Å²) in [5.41, 5.74) is 0.947. The molecule has 2 aromatic rings. The Morgan fingerprint density at radius 3 is 2.15 bits per heavy atom. The first-order valence-corrected chi connectivity index (χ1v) is 8.99. The molecule has 0 fully saturated rings. The lowest BCUT2D eigenvalue weighted by atomic mass is 9.95. The molecule has 27 heavy (non-hydrogen) atoms. The summed E-state index contributed by atoms with van der Waals surface area (Å²) < 4.78 is 1.85. The zero-order valence-corrected chi connectivity index (χ0v) is 18.2. The number of carbonyl (C=O) groups is 2. The van der Waals surface area contributed by atoms with Crippen molar-refractivity contribution in [1.82, 2.24) is 9.06 Å². The van der Waals surface area contributed by atoms with E-state index in [0.29, 0.717) is 16.1 Å². The van der Waals surface area contributed by atoms with Gasteiger partial charge in [0.15, 0.2) is 5.78 Å². The summed E-state index contributed by atoms with van der Waals surface area (Å²) >= 11 is 18.3. The molecule has 8 heteroatoms. The Morgan fingerprint density at radius 1 is 1.00 bits per heavy atom. The van der Waals surface area contributed by atoms with Crippen molar-refractivity contribution in [3.8, 4) is 0 Å². The van der Waals surface area contributed by atoms with Crippen molar-refractivity contribution >= 4 is 59.3 Å². The van der Waals surface area contributed by atoms with E-state index in [1.807, 2.05) is 13.0 Å². The molecule has 0 aliphatic carbocycles. The minimum Gasteiger partial charge on any atom is -0.294 e. The molecule has 0 radical (unpaired) electrons. The summed E-state index contributed by atoms with van der Waals surface area (Å²) in [6.07, 6.45) is 0.0580. The molecule has 0 aromatic heterocycles. The molecule has 0 bridgehead atoms. The third-order valence-electron chi connectivity index (χ3n) is 3.85. The van der Waals surface area contributed by atoms with Crippen LogP contribution in [0.5, 0.6) is 0 Å². The van der Waals surface area contributed by atoms with Crippen LogP contribution in [-0.2, 0) is 0 Å². The second-order valence-corrected chi connectivity index (χ2v) is 7.69. The Labute approximate surface area is 180 Å². The Hall–Kier alpha value is -1.30. The molecular weight excluding hydrogens is 430 g/mol. The number of hydrogen-bond acceptors (Lipinski definition) is 3. The Morgan fingerprint density at radius 2 is 1.59 bits per heavy atom. The van der Waals surface area contributed by atoms with Crippen LogP contribution in [0.3, 0.4) is 0 Å². The number of aryl methyl sites for hydroxylation is 1. The quantitative estimate of drug-likeness (QED) is 0.304. The molecule has 0 unspecified atom stereocenters. The molecule has 4 nitrogen and oxygen atoms in total. The van der Waals surface area contributed by atoms with Crippen molar-refractivity contribution in [3.63, 3.8) is 0 Å². The smallest absolute Gasteiger partial charge is 0.284 e. The summed E-state index contributed by atoms with van der Waals surface area (Å²) in [5.74, 6) is -0.609. The van der Waals surface area contributed by atoms with E-state index in [1.54, 1.807) is 56.3 Å². The first-order chi connectivity index (χ1) is 12.1. The third-order valence-corrected chi connectivity index (χ3v) is 5.09. The zero-order chi connectivity index (χ0) is 19.5. The molecule has 1 amide bonds. The van der Waals surface area contributed by atoms with Crippen LogP contribution in [0, 0.1) is 6.92 Å². The average molecular weight is 450 g/mol. The van der Waals surface area contributed by atoms with Crippen molar-refractivity contribution in [3.05, 3.63) is 70.2 Å². The van der Waals surface area contributed by atoms with Gasteiger partial charge >= 0.3 is 0 Å². The van der Waals surface area contributed by atoms with Gasteiger partial charge in [-0.25, -0.2) is 0 Å². The van der Waals surface area contributed by atoms with Crippen LogP contribution >= 0.6 is 47.6 Å². The Kier molecular flexibility index (Phi) is 8.58. The molecule has 0 aliphatic rings. The molecule has 0 heterocycles. The van der Waals surface area contributed by atoms with Crippen LogP contribution in [-0.4, -0.2) is 26.3 Å². The van der Waals surface area contributed by atoms with Gasteiger partial charge in [-0.05, 0) is 57.2 Å². The number of rotatable bonds is 6. The predicted molar refractivity (Wildman–Crippen MR) is 113 cm³/mol. The number of carbonyl (C=O) groups excluding carboxylic acids is 2. The fourth-order valence-electron chi connectivity index (χ4n) is 2.40. The van der Waals surface area contributed by atoms with Gasteiger partial charge in [-0.3, -0.25) is 9.59 Å². The van der Waals surface area contributed by atoms with Crippen LogP contribution < -0.4 is 0 Å². The summed E-state index contributed by atoms with van der Waals surface area (Å²) in [6, 6.07) is 13.6. The number of amides is 1. The SMILES string of the molecule is Cc1cccc(C(=O)N(Cl)N(Cl)C(C)(C)CC(=O)c2ccc(Cl)cc2)c1.Cl. The van der Waals surface area contributed by atoms with Crippen molar-refractivity contribution in [1.29, 1.82) is 0 Å². The summed E-state index contributed by atoms with van der Waals surface area (Å²) in [6.45, 7) is 5.34. The number of halogens is 4. The minimum absolute atomic E-state index is 0.